The van der Waals surface area contributed by atoms with E-state index in [1.54, 1.807) is 39.0 Å². The van der Waals surface area contributed by atoms with Gasteiger partial charge >= 0.3 is 0 Å². The second-order valence-corrected chi connectivity index (χ2v) is 5.24. The Morgan fingerprint density at radius 3 is 2.79 bits per heavy atom. The van der Waals surface area contributed by atoms with Crippen molar-refractivity contribution in [1.82, 2.24) is 10.2 Å². The van der Waals surface area contributed by atoms with E-state index in [4.69, 9.17) is 0 Å². The maximum Gasteiger partial charge on any atom is 0.258 e. The number of nitrogens with zero attached hydrogens (tertiary/aromatic N) is 1. The number of para-hydroxylation sites is 1. The average Bonchev–Trinajstić information content (AvgIpc) is 2.35. The lowest BCUT2D eigenvalue weighted by molar-refractivity contribution is -0.133. The van der Waals surface area contributed by atoms with Crippen LogP contribution in [-0.4, -0.2) is 40.4 Å². The highest BCUT2D eigenvalue weighted by atomic mass is 16.3. The van der Waals surface area contributed by atoms with Crippen LogP contribution in [0.2, 0.25) is 0 Å². The zero-order chi connectivity index (χ0) is 14.2. The van der Waals surface area contributed by atoms with Gasteiger partial charge in [0.1, 0.15) is 11.3 Å². The van der Waals surface area contributed by atoms with Crippen LogP contribution in [-0.2, 0) is 4.79 Å². The van der Waals surface area contributed by atoms with Crippen LogP contribution in [0.4, 0.5) is 0 Å². The van der Waals surface area contributed by atoms with Crippen LogP contribution in [0, 0.1) is 6.92 Å². The van der Waals surface area contributed by atoms with Crippen molar-refractivity contribution in [2.45, 2.75) is 26.3 Å². The summed E-state index contributed by atoms with van der Waals surface area (Å²) in [6.07, 6.45) is 0. The number of carbonyl (C=O) groups is 2. The fourth-order valence-electron chi connectivity index (χ4n) is 2.23. The number of phenols is 1. The van der Waals surface area contributed by atoms with E-state index >= 15 is 0 Å². The number of benzene rings is 1. The van der Waals surface area contributed by atoms with Crippen LogP contribution in [0.15, 0.2) is 18.2 Å². The van der Waals surface area contributed by atoms with Crippen molar-refractivity contribution >= 4 is 11.8 Å². The number of hydrogen-bond acceptors (Lipinski definition) is 3. The summed E-state index contributed by atoms with van der Waals surface area (Å²) in [4.78, 5) is 25.9. The highest BCUT2D eigenvalue weighted by Crippen LogP contribution is 2.27. The Bertz CT molecular complexity index is 537. The number of piperazine rings is 1. The van der Waals surface area contributed by atoms with Crippen LogP contribution >= 0.6 is 0 Å². The number of aromatic hydroxyl groups is 1. The molecule has 1 fully saturated rings. The number of carbonyl (C=O) groups excluding carboxylic acids is 2. The highest BCUT2D eigenvalue weighted by Gasteiger charge is 2.41. The van der Waals surface area contributed by atoms with Crippen molar-refractivity contribution in [1.29, 1.82) is 0 Å². The molecule has 0 spiro atoms. The third-order valence-electron chi connectivity index (χ3n) is 3.56. The predicted molar refractivity (Wildman–Crippen MR) is 71.0 cm³/mol. The number of amides is 2. The molecular formula is C14H18N2O3. The van der Waals surface area contributed by atoms with E-state index in [1.165, 1.54) is 4.90 Å². The summed E-state index contributed by atoms with van der Waals surface area (Å²) < 4.78 is 0. The molecule has 2 N–H and O–H groups in total. The second kappa shape index (κ2) is 4.57. The third kappa shape index (κ3) is 2.16. The normalized spacial score (nSPS) is 18.1. The quantitative estimate of drug-likeness (QED) is 0.795. The molecule has 1 saturated heterocycles. The molecule has 0 bridgehead atoms. The van der Waals surface area contributed by atoms with Gasteiger partial charge in [-0.3, -0.25) is 9.59 Å². The summed E-state index contributed by atoms with van der Waals surface area (Å²) in [5.41, 5.74) is -0.0289. The van der Waals surface area contributed by atoms with Gasteiger partial charge in [-0.25, -0.2) is 0 Å². The summed E-state index contributed by atoms with van der Waals surface area (Å²) in [6.45, 7) is 6.00. The zero-order valence-electron chi connectivity index (χ0n) is 11.4. The Labute approximate surface area is 112 Å². The minimum atomic E-state index is -0.911. The minimum absolute atomic E-state index is 0.0192. The first-order valence-corrected chi connectivity index (χ1v) is 6.24. The Morgan fingerprint density at radius 1 is 1.42 bits per heavy atom. The van der Waals surface area contributed by atoms with Crippen molar-refractivity contribution in [3.63, 3.8) is 0 Å². The SMILES string of the molecule is Cc1cccc(C(=O)N2CCNC(=O)C2(C)C)c1O. The number of hydrogen-bond donors (Lipinski definition) is 2. The fraction of sp³-hybridized carbons (Fsp3) is 0.429. The van der Waals surface area contributed by atoms with Gasteiger partial charge in [-0.15, -0.1) is 0 Å². The minimum Gasteiger partial charge on any atom is -0.507 e. The van der Waals surface area contributed by atoms with E-state index in [2.05, 4.69) is 5.32 Å². The Kier molecular flexibility index (Phi) is 3.22. The van der Waals surface area contributed by atoms with Crippen molar-refractivity contribution in [3.8, 4) is 5.75 Å². The highest BCUT2D eigenvalue weighted by molar-refractivity contribution is 6.01. The van der Waals surface area contributed by atoms with Gasteiger partial charge in [0.25, 0.3) is 5.91 Å². The first kappa shape index (κ1) is 13.4. The number of aryl methyl sites for hydroxylation is 1. The van der Waals surface area contributed by atoms with E-state index in [0.29, 0.717) is 18.7 Å². The van der Waals surface area contributed by atoms with Gasteiger partial charge in [0.15, 0.2) is 0 Å². The first-order chi connectivity index (χ1) is 8.85. The molecule has 2 amide bonds. The first-order valence-electron chi connectivity index (χ1n) is 6.24. The molecule has 0 atom stereocenters. The number of rotatable bonds is 1. The second-order valence-electron chi connectivity index (χ2n) is 5.24. The molecule has 0 radical (unpaired) electrons. The molecule has 102 valence electrons. The summed E-state index contributed by atoms with van der Waals surface area (Å²) in [5.74, 6) is -0.519. The number of nitrogens with one attached hydrogen (secondary N) is 1. The van der Waals surface area contributed by atoms with Gasteiger partial charge < -0.3 is 15.3 Å². The molecule has 1 aromatic carbocycles. The molecule has 1 aliphatic rings. The molecule has 1 aliphatic heterocycles. The summed E-state index contributed by atoms with van der Waals surface area (Å²) in [6, 6.07) is 5.03. The fourth-order valence-corrected chi connectivity index (χ4v) is 2.23. The van der Waals surface area contributed by atoms with Gasteiger partial charge in [-0.1, -0.05) is 12.1 Å². The van der Waals surface area contributed by atoms with Crippen molar-refractivity contribution in [3.05, 3.63) is 29.3 Å². The van der Waals surface area contributed by atoms with Crippen LogP contribution < -0.4 is 5.32 Å². The van der Waals surface area contributed by atoms with E-state index in [-0.39, 0.29) is 23.1 Å². The maximum absolute atomic E-state index is 12.5. The molecule has 2 rings (SSSR count). The van der Waals surface area contributed by atoms with E-state index in [0.717, 1.165) is 0 Å². The van der Waals surface area contributed by atoms with Crippen molar-refractivity contribution in [2.24, 2.45) is 0 Å². The summed E-state index contributed by atoms with van der Waals surface area (Å²) >= 11 is 0. The monoisotopic (exact) mass is 262 g/mol. The smallest absolute Gasteiger partial charge is 0.258 e. The average molecular weight is 262 g/mol. The van der Waals surface area contributed by atoms with Crippen LogP contribution in [0.3, 0.4) is 0 Å². The van der Waals surface area contributed by atoms with E-state index in [9.17, 15) is 14.7 Å². The lowest BCUT2D eigenvalue weighted by Crippen LogP contribution is -2.63. The Balaban J connectivity index is 2.38. The molecular weight excluding hydrogens is 244 g/mol. The molecule has 19 heavy (non-hydrogen) atoms. The standard InChI is InChI=1S/C14H18N2O3/c1-9-5-4-6-10(11(9)17)12(18)16-8-7-15-13(19)14(16,2)3/h4-6,17H,7-8H2,1-3H3,(H,15,19). The van der Waals surface area contributed by atoms with E-state index < -0.39 is 5.54 Å². The lowest BCUT2D eigenvalue weighted by Gasteiger charge is -2.41. The Morgan fingerprint density at radius 2 is 2.11 bits per heavy atom. The predicted octanol–water partition coefficient (Wildman–Crippen LogP) is 1.05. The molecule has 1 heterocycles. The van der Waals surface area contributed by atoms with Crippen molar-refractivity contribution < 1.29 is 14.7 Å². The topological polar surface area (TPSA) is 69.6 Å². The van der Waals surface area contributed by atoms with E-state index in [1.807, 2.05) is 0 Å². The van der Waals surface area contributed by atoms with Gasteiger partial charge in [-0.05, 0) is 32.4 Å². The van der Waals surface area contributed by atoms with Gasteiger partial charge in [0.05, 0.1) is 5.56 Å². The van der Waals surface area contributed by atoms with Gasteiger partial charge in [0, 0.05) is 13.1 Å². The van der Waals surface area contributed by atoms with Crippen LogP contribution in [0.25, 0.3) is 0 Å². The van der Waals surface area contributed by atoms with Crippen LogP contribution in [0.1, 0.15) is 29.8 Å². The molecule has 1 aromatic rings. The van der Waals surface area contributed by atoms with Gasteiger partial charge in [-0.2, -0.15) is 0 Å². The molecule has 0 unspecified atom stereocenters. The van der Waals surface area contributed by atoms with Crippen molar-refractivity contribution in [2.75, 3.05) is 13.1 Å². The van der Waals surface area contributed by atoms with Gasteiger partial charge in [0.2, 0.25) is 5.91 Å². The summed E-state index contributed by atoms with van der Waals surface area (Å²) in [5, 5.41) is 12.7. The molecule has 0 saturated carbocycles. The molecule has 5 nitrogen and oxygen atoms in total. The maximum atomic E-state index is 12.5. The third-order valence-corrected chi connectivity index (χ3v) is 3.56. The largest absolute Gasteiger partial charge is 0.507 e. The molecule has 5 heteroatoms. The molecule has 0 aliphatic carbocycles. The Hall–Kier alpha value is -2.04. The lowest BCUT2D eigenvalue weighted by atomic mass is 9.97. The van der Waals surface area contributed by atoms with Crippen LogP contribution in [0.5, 0.6) is 5.75 Å². The zero-order valence-corrected chi connectivity index (χ0v) is 11.4. The molecule has 0 aromatic heterocycles. The summed E-state index contributed by atoms with van der Waals surface area (Å²) in [7, 11) is 0. The number of phenolic OH excluding ortho intramolecular Hbond substituents is 1.